The minimum Gasteiger partial charge on any atom is -0.443 e. The van der Waals surface area contributed by atoms with Gasteiger partial charge in [-0.2, -0.15) is 0 Å². The molecule has 11 heteroatoms. The van der Waals surface area contributed by atoms with Crippen LogP contribution in [0.4, 0.5) is 10.5 Å². The van der Waals surface area contributed by atoms with Crippen molar-refractivity contribution < 1.29 is 28.0 Å². The molecule has 1 amide bonds. The standard InChI is InChI=1S/C20H23BrN2O7S/c1-20(2,3)30-19(25)22(11-4-12-24)31(28,29)18-10-9-16(23(26)27)13-17(18)14-5-7-15(21)8-6-14/h5-10,13,24H,4,11-12H2,1-3H3. The van der Waals surface area contributed by atoms with Gasteiger partial charge in [0.2, 0.25) is 0 Å². The molecule has 31 heavy (non-hydrogen) atoms. The second kappa shape index (κ2) is 9.75. The lowest BCUT2D eigenvalue weighted by molar-refractivity contribution is -0.384. The van der Waals surface area contributed by atoms with E-state index in [2.05, 4.69) is 15.9 Å². The Balaban J connectivity index is 2.67. The van der Waals surface area contributed by atoms with Gasteiger partial charge in [0.1, 0.15) is 5.60 Å². The van der Waals surface area contributed by atoms with Crippen LogP contribution in [0.3, 0.4) is 0 Å². The van der Waals surface area contributed by atoms with E-state index < -0.39 is 26.6 Å². The van der Waals surface area contributed by atoms with Crippen molar-refractivity contribution in [1.29, 1.82) is 0 Å². The lowest BCUT2D eigenvalue weighted by atomic mass is 10.1. The Morgan fingerprint density at radius 1 is 1.19 bits per heavy atom. The number of carbonyl (C=O) groups is 1. The molecule has 0 fully saturated rings. The van der Waals surface area contributed by atoms with Crippen molar-refractivity contribution in [2.45, 2.75) is 37.7 Å². The van der Waals surface area contributed by atoms with Gasteiger partial charge in [0.15, 0.2) is 0 Å². The van der Waals surface area contributed by atoms with Crippen molar-refractivity contribution in [2.75, 3.05) is 13.2 Å². The van der Waals surface area contributed by atoms with E-state index in [-0.39, 0.29) is 35.7 Å². The molecule has 0 heterocycles. The number of halogens is 1. The molecule has 2 aromatic rings. The maximum absolute atomic E-state index is 13.5. The molecule has 0 spiro atoms. The predicted molar refractivity (Wildman–Crippen MR) is 118 cm³/mol. The number of non-ortho nitro benzene ring substituents is 1. The number of aliphatic hydroxyl groups is 1. The highest BCUT2D eigenvalue weighted by atomic mass is 79.9. The monoisotopic (exact) mass is 514 g/mol. The Bertz CT molecular complexity index is 1060. The molecular weight excluding hydrogens is 492 g/mol. The first-order valence-electron chi connectivity index (χ1n) is 9.28. The Labute approximate surface area is 189 Å². The first kappa shape index (κ1) is 24.8. The van der Waals surface area contributed by atoms with Gasteiger partial charge in [-0.05, 0) is 51.0 Å². The van der Waals surface area contributed by atoms with Crippen molar-refractivity contribution in [3.05, 3.63) is 57.1 Å². The molecule has 0 saturated carbocycles. The van der Waals surface area contributed by atoms with E-state index >= 15 is 0 Å². The molecule has 1 N–H and O–H groups in total. The first-order valence-corrected chi connectivity index (χ1v) is 11.5. The number of hydrogen-bond acceptors (Lipinski definition) is 7. The largest absolute Gasteiger partial charge is 0.443 e. The third kappa shape index (κ3) is 6.25. The van der Waals surface area contributed by atoms with Crippen molar-refractivity contribution in [2.24, 2.45) is 0 Å². The van der Waals surface area contributed by atoms with Crippen LogP contribution in [0.15, 0.2) is 51.8 Å². The molecule has 0 atom stereocenters. The maximum Gasteiger partial charge on any atom is 0.424 e. The molecule has 9 nitrogen and oxygen atoms in total. The molecule has 0 saturated heterocycles. The zero-order valence-corrected chi connectivity index (χ0v) is 19.6. The normalized spacial score (nSPS) is 11.8. The Morgan fingerprint density at radius 3 is 2.32 bits per heavy atom. The van der Waals surface area contributed by atoms with Crippen molar-refractivity contribution in [3.8, 4) is 11.1 Å². The number of sulfonamides is 1. The van der Waals surface area contributed by atoms with Crippen molar-refractivity contribution in [1.82, 2.24) is 4.31 Å². The van der Waals surface area contributed by atoms with Crippen LogP contribution in [0, 0.1) is 10.1 Å². The summed E-state index contributed by atoms with van der Waals surface area (Å²) in [5.41, 5.74) is -0.763. The molecule has 0 bridgehead atoms. The molecule has 0 radical (unpaired) electrons. The molecule has 0 aliphatic heterocycles. The molecule has 0 aromatic heterocycles. The number of nitro benzene ring substituents is 1. The second-order valence-corrected chi connectivity index (χ2v) is 10.3. The Hall–Kier alpha value is -2.50. The van der Waals surface area contributed by atoms with Crippen LogP contribution in [0.1, 0.15) is 27.2 Å². The first-order chi connectivity index (χ1) is 14.4. The highest BCUT2D eigenvalue weighted by Crippen LogP contribution is 2.34. The summed E-state index contributed by atoms with van der Waals surface area (Å²) < 4.78 is 33.5. The van der Waals surface area contributed by atoms with E-state index in [0.717, 1.165) is 22.7 Å². The maximum atomic E-state index is 13.5. The van der Waals surface area contributed by atoms with Crippen LogP contribution in [0.5, 0.6) is 0 Å². The summed E-state index contributed by atoms with van der Waals surface area (Å²) in [4.78, 5) is 23.0. The van der Waals surface area contributed by atoms with E-state index in [1.165, 1.54) is 0 Å². The summed E-state index contributed by atoms with van der Waals surface area (Å²) >= 11 is 3.29. The summed E-state index contributed by atoms with van der Waals surface area (Å²) in [7, 11) is -4.46. The van der Waals surface area contributed by atoms with Crippen LogP contribution in [0.25, 0.3) is 11.1 Å². The van der Waals surface area contributed by atoms with Gasteiger partial charge in [-0.1, -0.05) is 28.1 Å². The highest BCUT2D eigenvalue weighted by molar-refractivity contribution is 9.10. The number of rotatable bonds is 7. The van der Waals surface area contributed by atoms with E-state index in [4.69, 9.17) is 9.84 Å². The van der Waals surface area contributed by atoms with Gasteiger partial charge in [0, 0.05) is 35.3 Å². The van der Waals surface area contributed by atoms with Crippen molar-refractivity contribution in [3.63, 3.8) is 0 Å². The summed E-state index contributed by atoms with van der Waals surface area (Å²) in [6.45, 7) is 4.14. The van der Waals surface area contributed by atoms with E-state index in [1.807, 2.05) is 0 Å². The minimum atomic E-state index is -4.46. The number of nitrogens with zero attached hydrogens (tertiary/aromatic N) is 2. The fourth-order valence-corrected chi connectivity index (χ4v) is 4.47. The zero-order valence-electron chi connectivity index (χ0n) is 17.2. The second-order valence-electron chi connectivity index (χ2n) is 7.58. The number of aliphatic hydroxyl groups excluding tert-OH is 1. The summed E-state index contributed by atoms with van der Waals surface area (Å²) in [5.74, 6) is 0. The van der Waals surface area contributed by atoms with Gasteiger partial charge in [0.25, 0.3) is 15.7 Å². The SMILES string of the molecule is CC(C)(C)OC(=O)N(CCCO)S(=O)(=O)c1ccc([N+](=O)[O-])cc1-c1ccc(Br)cc1. The van der Waals surface area contributed by atoms with Gasteiger partial charge in [-0.15, -0.1) is 0 Å². The Kier molecular flexibility index (Phi) is 7.79. The van der Waals surface area contributed by atoms with E-state index in [1.54, 1.807) is 45.0 Å². The third-order valence-electron chi connectivity index (χ3n) is 4.01. The average molecular weight is 515 g/mol. The van der Waals surface area contributed by atoms with Crippen LogP contribution < -0.4 is 0 Å². The summed E-state index contributed by atoms with van der Waals surface area (Å²) in [6.07, 6.45) is -1.10. The van der Waals surface area contributed by atoms with E-state index in [9.17, 15) is 23.3 Å². The molecular formula is C20H23BrN2O7S. The molecule has 2 rings (SSSR count). The summed E-state index contributed by atoms with van der Waals surface area (Å²) in [6, 6.07) is 9.86. The molecule has 168 valence electrons. The molecule has 0 aliphatic carbocycles. The zero-order chi connectivity index (χ0) is 23.4. The molecule has 0 unspecified atom stereocenters. The number of hydrogen-bond donors (Lipinski definition) is 1. The number of benzene rings is 2. The fourth-order valence-electron chi connectivity index (χ4n) is 2.67. The lowest BCUT2D eigenvalue weighted by Crippen LogP contribution is -2.41. The highest BCUT2D eigenvalue weighted by Gasteiger charge is 2.35. The van der Waals surface area contributed by atoms with Gasteiger partial charge in [0.05, 0.1) is 9.82 Å². The lowest BCUT2D eigenvalue weighted by Gasteiger charge is -2.27. The van der Waals surface area contributed by atoms with Crippen LogP contribution in [-0.2, 0) is 14.8 Å². The fraction of sp³-hybridized carbons (Fsp3) is 0.350. The number of amides is 1. The van der Waals surface area contributed by atoms with Crippen LogP contribution >= 0.6 is 15.9 Å². The Morgan fingerprint density at radius 2 is 1.81 bits per heavy atom. The quantitative estimate of drug-likeness (QED) is 0.430. The van der Waals surface area contributed by atoms with Crippen LogP contribution in [-0.4, -0.2) is 47.6 Å². The van der Waals surface area contributed by atoms with Crippen molar-refractivity contribution >= 4 is 37.7 Å². The minimum absolute atomic E-state index is 0.000921. The predicted octanol–water partition coefficient (Wildman–Crippen LogP) is 4.33. The topological polar surface area (TPSA) is 127 Å². The smallest absolute Gasteiger partial charge is 0.424 e. The van der Waals surface area contributed by atoms with Gasteiger partial charge in [-0.3, -0.25) is 10.1 Å². The number of nitro groups is 1. The molecule has 0 aliphatic rings. The number of ether oxygens (including phenoxy) is 1. The third-order valence-corrected chi connectivity index (χ3v) is 6.37. The van der Waals surface area contributed by atoms with Crippen LogP contribution in [0.2, 0.25) is 0 Å². The molecule has 2 aromatic carbocycles. The average Bonchev–Trinajstić information content (AvgIpc) is 2.66. The van der Waals surface area contributed by atoms with Gasteiger partial charge >= 0.3 is 6.09 Å². The van der Waals surface area contributed by atoms with Gasteiger partial charge in [-0.25, -0.2) is 17.5 Å². The van der Waals surface area contributed by atoms with E-state index in [0.29, 0.717) is 9.87 Å². The van der Waals surface area contributed by atoms with Gasteiger partial charge < -0.3 is 9.84 Å². The summed E-state index contributed by atoms with van der Waals surface area (Å²) in [5, 5.41) is 20.4. The number of carbonyl (C=O) groups excluding carboxylic acids is 1.